The van der Waals surface area contributed by atoms with E-state index in [0.29, 0.717) is 6.54 Å². The van der Waals surface area contributed by atoms with Gasteiger partial charge in [0.05, 0.1) is 5.56 Å². The third-order valence-electron chi connectivity index (χ3n) is 4.60. The van der Waals surface area contributed by atoms with E-state index in [0.717, 1.165) is 28.8 Å². The second-order valence-corrected chi connectivity index (χ2v) is 7.06. The van der Waals surface area contributed by atoms with Gasteiger partial charge in [-0.2, -0.15) is 13.2 Å². The molecule has 0 aliphatic rings. The zero-order valence-electron chi connectivity index (χ0n) is 16.9. The van der Waals surface area contributed by atoms with E-state index >= 15 is 0 Å². The molecule has 0 bridgehead atoms. The number of H-pyrrole nitrogens is 1. The van der Waals surface area contributed by atoms with Crippen molar-refractivity contribution in [1.82, 2.24) is 10.3 Å². The van der Waals surface area contributed by atoms with Crippen molar-refractivity contribution in [3.05, 3.63) is 94.5 Å². The molecule has 0 spiro atoms. The molecule has 4 rings (SSSR count). The van der Waals surface area contributed by atoms with Crippen LogP contribution in [0, 0.1) is 0 Å². The maximum absolute atomic E-state index is 12.8. The van der Waals surface area contributed by atoms with E-state index in [2.05, 4.69) is 20.9 Å². The zero-order valence-corrected chi connectivity index (χ0v) is 16.9. The Morgan fingerprint density at radius 3 is 2.55 bits per heavy atom. The number of amides is 2. The summed E-state index contributed by atoms with van der Waals surface area (Å²) in [6, 6.07) is 14.3. The summed E-state index contributed by atoms with van der Waals surface area (Å²) in [6.45, 7) is 0.343. The Bertz CT molecular complexity index is 1330. The molecule has 0 atom stereocenters. The minimum absolute atomic E-state index is 0.0135. The van der Waals surface area contributed by atoms with Gasteiger partial charge in [-0.25, -0.2) is 4.79 Å². The van der Waals surface area contributed by atoms with E-state index in [9.17, 15) is 22.8 Å². The normalized spacial score (nSPS) is 11.2. The van der Waals surface area contributed by atoms with Crippen LogP contribution in [0.25, 0.3) is 11.1 Å². The molecule has 2 heterocycles. The highest BCUT2D eigenvalue weighted by atomic mass is 19.4. The molecule has 0 unspecified atom stereocenters. The van der Waals surface area contributed by atoms with Gasteiger partial charge in [0.25, 0.3) is 6.20 Å². The van der Waals surface area contributed by atoms with Gasteiger partial charge in [0, 0.05) is 23.5 Å². The van der Waals surface area contributed by atoms with Crippen LogP contribution in [0.2, 0.25) is 0 Å². The predicted molar refractivity (Wildman–Crippen MR) is 112 cm³/mol. The summed E-state index contributed by atoms with van der Waals surface area (Å²) in [7, 11) is 0. The third kappa shape index (κ3) is 5.64. The Morgan fingerprint density at radius 1 is 1.03 bits per heavy atom. The molecule has 11 heteroatoms. The topological polar surface area (TPSA) is 104 Å². The van der Waals surface area contributed by atoms with Crippen molar-refractivity contribution < 1.29 is 27.2 Å². The number of alkyl halides is 3. The first-order valence-corrected chi connectivity index (χ1v) is 9.66. The number of benzene rings is 2. The van der Waals surface area contributed by atoms with E-state index in [-0.39, 0.29) is 17.1 Å². The Balaban J connectivity index is 1.36. The van der Waals surface area contributed by atoms with Crippen LogP contribution in [-0.4, -0.2) is 16.3 Å². The first-order valence-electron chi connectivity index (χ1n) is 9.66. The molecule has 8 nitrogen and oxygen atoms in total. The van der Waals surface area contributed by atoms with Crippen molar-refractivity contribution in [3.63, 3.8) is 0 Å². The van der Waals surface area contributed by atoms with Gasteiger partial charge in [-0.15, -0.1) is 0 Å². The van der Waals surface area contributed by atoms with Crippen LogP contribution in [0.5, 0.6) is 0 Å². The fourth-order valence-corrected chi connectivity index (χ4v) is 3.07. The van der Waals surface area contributed by atoms with Crippen LogP contribution in [-0.2, 0) is 12.7 Å². The molecule has 0 saturated carbocycles. The first-order chi connectivity index (χ1) is 15.8. The Kier molecular flexibility index (Phi) is 5.94. The molecule has 0 saturated heterocycles. The van der Waals surface area contributed by atoms with Gasteiger partial charge in [-0.05, 0) is 40.1 Å². The lowest BCUT2D eigenvalue weighted by Gasteiger charge is -2.09. The highest BCUT2D eigenvalue weighted by Gasteiger charge is 2.30. The fourth-order valence-electron chi connectivity index (χ4n) is 3.07. The maximum Gasteiger partial charge on any atom is 0.416 e. The van der Waals surface area contributed by atoms with Crippen molar-refractivity contribution in [2.75, 3.05) is 10.6 Å². The molecule has 2 aromatic heterocycles. The molecule has 0 radical (unpaired) electrons. The number of anilines is 2. The summed E-state index contributed by atoms with van der Waals surface area (Å²) in [5, 5.41) is 8.51. The van der Waals surface area contributed by atoms with Crippen LogP contribution in [0.3, 0.4) is 0 Å². The molecule has 0 aliphatic carbocycles. The van der Waals surface area contributed by atoms with E-state index in [4.69, 9.17) is 4.52 Å². The zero-order chi connectivity index (χ0) is 23.4. The van der Waals surface area contributed by atoms with E-state index in [1.54, 1.807) is 12.3 Å². The predicted octanol–water partition coefficient (Wildman–Crippen LogP) is 4.03. The molecule has 0 aliphatic heterocycles. The number of pyridine rings is 1. The largest absolute Gasteiger partial charge is 0.416 e. The minimum atomic E-state index is -4.51. The standard InChI is InChI=1S/C22H16F3N5O3/c23-22(24,25)17-2-1-3-18(11-17)27-21(32)28-20-13-30(29-33-20)12-14-4-6-15(7-5-14)16-8-9-26-19(31)10-16/h1-11,13H,12H2,(H2-,26,27,28,29,31,32)/p+1. The number of carbonyl (C=O) groups is 1. The van der Waals surface area contributed by atoms with Gasteiger partial charge in [-0.1, -0.05) is 30.3 Å². The number of hydrogen-bond acceptors (Lipinski definition) is 4. The van der Waals surface area contributed by atoms with E-state index < -0.39 is 17.8 Å². The lowest BCUT2D eigenvalue weighted by molar-refractivity contribution is -0.754. The summed E-state index contributed by atoms with van der Waals surface area (Å²) in [6.07, 6.45) is -1.49. The summed E-state index contributed by atoms with van der Waals surface area (Å²) >= 11 is 0. The van der Waals surface area contributed by atoms with Gasteiger partial charge >= 0.3 is 18.1 Å². The van der Waals surface area contributed by atoms with Crippen molar-refractivity contribution in [3.8, 4) is 11.1 Å². The Morgan fingerprint density at radius 2 is 1.82 bits per heavy atom. The van der Waals surface area contributed by atoms with Gasteiger partial charge < -0.3 is 10.3 Å². The number of rotatable bonds is 5. The van der Waals surface area contributed by atoms with Gasteiger partial charge in [0.15, 0.2) is 0 Å². The van der Waals surface area contributed by atoms with Crippen molar-refractivity contribution >= 4 is 17.6 Å². The summed E-state index contributed by atoms with van der Waals surface area (Å²) in [4.78, 5) is 26.1. The second kappa shape index (κ2) is 8.99. The van der Waals surface area contributed by atoms with Crippen molar-refractivity contribution in [2.24, 2.45) is 0 Å². The molecule has 4 aromatic rings. The molecule has 3 N–H and O–H groups in total. The third-order valence-corrected chi connectivity index (χ3v) is 4.60. The fraction of sp³-hybridized carbons (Fsp3) is 0.0909. The number of aromatic nitrogens is 3. The SMILES string of the molecule is O=C(Nc1cccc(C(F)(F)F)c1)Nc1c[n+](Cc2ccc(-c3cc[nH]c(=O)c3)cc2)no1. The van der Waals surface area contributed by atoms with Crippen molar-refractivity contribution in [1.29, 1.82) is 0 Å². The Labute approximate surface area is 184 Å². The molecule has 2 aromatic carbocycles. The number of nitrogens with zero attached hydrogens (tertiary/aromatic N) is 2. The van der Waals surface area contributed by atoms with Crippen LogP contribution < -0.4 is 20.9 Å². The average Bonchev–Trinajstić information content (AvgIpc) is 3.20. The lowest BCUT2D eigenvalue weighted by Crippen LogP contribution is -2.35. The number of aromatic amines is 1. The molecule has 168 valence electrons. The van der Waals surface area contributed by atoms with Crippen LogP contribution in [0.1, 0.15) is 11.1 Å². The molecule has 33 heavy (non-hydrogen) atoms. The summed E-state index contributed by atoms with van der Waals surface area (Å²) in [5.41, 5.74) is 1.48. The minimum Gasteiger partial charge on any atom is -0.329 e. The van der Waals surface area contributed by atoms with Crippen molar-refractivity contribution in [2.45, 2.75) is 12.7 Å². The summed E-state index contributed by atoms with van der Waals surface area (Å²) in [5.74, 6) is 0.0135. The number of nitrogens with one attached hydrogen (secondary N) is 3. The first kappa shape index (κ1) is 21.8. The smallest absolute Gasteiger partial charge is 0.329 e. The van der Waals surface area contributed by atoms with Gasteiger partial charge in [-0.3, -0.25) is 14.6 Å². The maximum atomic E-state index is 12.8. The lowest BCUT2D eigenvalue weighted by atomic mass is 10.1. The van der Waals surface area contributed by atoms with Gasteiger partial charge in [0.2, 0.25) is 17.4 Å². The van der Waals surface area contributed by atoms with E-state index in [1.165, 1.54) is 29.1 Å². The number of halogens is 3. The molecule has 0 fully saturated rings. The molecular formula is C22H17F3N5O3+. The van der Waals surface area contributed by atoms with Crippen LogP contribution >= 0.6 is 0 Å². The average molecular weight is 456 g/mol. The summed E-state index contributed by atoms with van der Waals surface area (Å²) < 4.78 is 44.9. The molecular weight excluding hydrogens is 439 g/mol. The number of hydrogen-bond donors (Lipinski definition) is 3. The van der Waals surface area contributed by atoms with Crippen LogP contribution in [0.4, 0.5) is 29.5 Å². The number of carbonyl (C=O) groups excluding carboxylic acids is 1. The monoisotopic (exact) mass is 456 g/mol. The second-order valence-electron chi connectivity index (χ2n) is 7.06. The Hall–Kier alpha value is -4.41. The van der Waals surface area contributed by atoms with Crippen LogP contribution in [0.15, 0.2) is 82.4 Å². The quantitative estimate of drug-likeness (QED) is 0.395. The highest BCUT2D eigenvalue weighted by molar-refractivity contribution is 5.98. The molecule has 2 amide bonds. The number of urea groups is 1. The van der Waals surface area contributed by atoms with Gasteiger partial charge in [0.1, 0.15) is 0 Å². The van der Waals surface area contributed by atoms with E-state index in [1.807, 2.05) is 24.3 Å². The highest BCUT2D eigenvalue weighted by Crippen LogP contribution is 2.30.